The summed E-state index contributed by atoms with van der Waals surface area (Å²) in [5.74, 6) is -1.81. The lowest BCUT2D eigenvalue weighted by Crippen LogP contribution is -2.50. The Balaban J connectivity index is 1.98. The number of rotatable bonds is 15. The molecule has 218 valence electrons. The van der Waals surface area contributed by atoms with E-state index in [-0.39, 0.29) is 12.8 Å². The molecule has 0 aromatic heterocycles. The summed E-state index contributed by atoms with van der Waals surface area (Å²) in [5, 5.41) is 18.4. The summed E-state index contributed by atoms with van der Waals surface area (Å²) in [6, 6.07) is 14.4. The number of hydrogen-bond acceptors (Lipinski definition) is 7. The average Bonchev–Trinajstić information content (AvgIpc) is 2.90. The number of amides is 2. The van der Waals surface area contributed by atoms with E-state index in [1.54, 1.807) is 20.8 Å². The minimum Gasteiger partial charge on any atom is -0.480 e. The van der Waals surface area contributed by atoms with Crippen molar-refractivity contribution in [1.82, 2.24) is 4.90 Å². The molecule has 0 saturated heterocycles. The van der Waals surface area contributed by atoms with Crippen LogP contribution in [0.15, 0.2) is 58.8 Å². The number of aryl methyl sites for hydroxylation is 2. The number of carboxylic acids is 1. The highest BCUT2D eigenvalue weighted by Gasteiger charge is 2.36. The number of carboxylic acid groups (broad SMARTS) is 1. The number of nitrogens with zero attached hydrogens (tertiary/aromatic N) is 3. The molecule has 40 heavy (non-hydrogen) atoms. The molecule has 0 spiro atoms. The number of aliphatic carboxylic acids is 1. The SMILES string of the molecule is CCCCc1ccc(N=Nc2ccc(CCCC(=O)N(C(=O)OC(C)(C)C)[C@@H](CCCCN)C(=O)O)cc2)cc1. The van der Waals surface area contributed by atoms with Crippen molar-refractivity contribution in [3.63, 3.8) is 0 Å². The van der Waals surface area contributed by atoms with Crippen molar-refractivity contribution in [2.45, 2.75) is 97.1 Å². The van der Waals surface area contributed by atoms with Crippen molar-refractivity contribution < 1.29 is 24.2 Å². The average molecular weight is 553 g/mol. The number of nitrogens with two attached hydrogens (primary N) is 1. The third-order valence-electron chi connectivity index (χ3n) is 6.22. The number of azo groups is 1. The maximum absolute atomic E-state index is 13.1. The third-order valence-corrected chi connectivity index (χ3v) is 6.22. The zero-order chi connectivity index (χ0) is 29.5. The van der Waals surface area contributed by atoms with Crippen LogP contribution in [0.1, 0.15) is 83.8 Å². The lowest BCUT2D eigenvalue weighted by Gasteiger charge is -2.30. The Morgan fingerprint density at radius 2 is 1.40 bits per heavy atom. The van der Waals surface area contributed by atoms with Crippen molar-refractivity contribution in [2.75, 3.05) is 6.54 Å². The Bertz CT molecular complexity index is 1110. The van der Waals surface area contributed by atoms with Crippen molar-refractivity contribution in [3.05, 3.63) is 59.7 Å². The molecule has 0 fully saturated rings. The van der Waals surface area contributed by atoms with Crippen molar-refractivity contribution in [2.24, 2.45) is 16.0 Å². The molecule has 2 rings (SSSR count). The molecule has 0 bridgehead atoms. The quantitative estimate of drug-likeness (QED) is 0.178. The maximum Gasteiger partial charge on any atom is 0.417 e. The van der Waals surface area contributed by atoms with Crippen LogP contribution in [0.25, 0.3) is 0 Å². The van der Waals surface area contributed by atoms with Gasteiger partial charge in [0, 0.05) is 6.42 Å². The number of carbonyl (C=O) groups is 3. The zero-order valence-electron chi connectivity index (χ0n) is 24.3. The summed E-state index contributed by atoms with van der Waals surface area (Å²) < 4.78 is 5.37. The van der Waals surface area contributed by atoms with E-state index in [9.17, 15) is 19.5 Å². The van der Waals surface area contributed by atoms with Crippen LogP contribution < -0.4 is 5.73 Å². The van der Waals surface area contributed by atoms with Crippen molar-refractivity contribution >= 4 is 29.3 Å². The van der Waals surface area contributed by atoms with Crippen LogP contribution in [0.5, 0.6) is 0 Å². The normalized spacial score (nSPS) is 12.3. The molecule has 9 nitrogen and oxygen atoms in total. The Kier molecular flexibility index (Phi) is 13.5. The molecule has 0 unspecified atom stereocenters. The highest BCUT2D eigenvalue weighted by atomic mass is 16.6. The summed E-state index contributed by atoms with van der Waals surface area (Å²) >= 11 is 0. The maximum atomic E-state index is 13.1. The van der Waals surface area contributed by atoms with E-state index in [1.165, 1.54) is 18.4 Å². The Hall–Kier alpha value is -3.59. The summed E-state index contributed by atoms with van der Waals surface area (Å²) in [5.41, 5.74) is 8.46. The van der Waals surface area contributed by atoms with E-state index < -0.39 is 29.6 Å². The highest BCUT2D eigenvalue weighted by molar-refractivity contribution is 5.96. The smallest absolute Gasteiger partial charge is 0.417 e. The topological polar surface area (TPSA) is 135 Å². The van der Waals surface area contributed by atoms with Gasteiger partial charge in [-0.05, 0) is 108 Å². The second kappa shape index (κ2) is 16.5. The second-order valence-electron chi connectivity index (χ2n) is 10.9. The molecule has 2 aromatic rings. The van der Waals surface area contributed by atoms with Gasteiger partial charge in [0.1, 0.15) is 11.6 Å². The molecule has 0 saturated carbocycles. The lowest BCUT2D eigenvalue weighted by atomic mass is 10.1. The first-order valence-electron chi connectivity index (χ1n) is 14.1. The molecule has 3 N–H and O–H groups in total. The monoisotopic (exact) mass is 552 g/mol. The summed E-state index contributed by atoms with van der Waals surface area (Å²) in [4.78, 5) is 38.7. The van der Waals surface area contributed by atoms with Crippen LogP contribution in [0.4, 0.5) is 16.2 Å². The highest BCUT2D eigenvalue weighted by Crippen LogP contribution is 2.22. The Labute approximate surface area is 237 Å². The molecule has 1 atom stereocenters. The third kappa shape index (κ3) is 11.7. The molecule has 0 radical (unpaired) electrons. The van der Waals surface area contributed by atoms with Crippen LogP contribution in [-0.2, 0) is 27.2 Å². The minimum atomic E-state index is -1.30. The molecular weight excluding hydrogens is 508 g/mol. The van der Waals surface area contributed by atoms with Gasteiger partial charge >= 0.3 is 12.1 Å². The largest absolute Gasteiger partial charge is 0.480 e. The van der Waals surface area contributed by atoms with Gasteiger partial charge in [-0.1, -0.05) is 37.6 Å². The van der Waals surface area contributed by atoms with Gasteiger partial charge in [0.25, 0.3) is 0 Å². The molecule has 0 heterocycles. The summed E-state index contributed by atoms with van der Waals surface area (Å²) in [7, 11) is 0. The zero-order valence-corrected chi connectivity index (χ0v) is 24.3. The van der Waals surface area contributed by atoms with E-state index in [0.717, 1.165) is 22.6 Å². The Morgan fingerprint density at radius 1 is 0.875 bits per heavy atom. The fraction of sp³-hybridized carbons (Fsp3) is 0.516. The van der Waals surface area contributed by atoms with Gasteiger partial charge in [-0.25, -0.2) is 14.5 Å². The van der Waals surface area contributed by atoms with Crippen LogP contribution in [0, 0.1) is 0 Å². The number of unbranched alkanes of at least 4 members (excludes halogenated alkanes) is 2. The number of benzene rings is 2. The summed E-state index contributed by atoms with van der Waals surface area (Å²) in [6.07, 6.45) is 4.69. The molecule has 0 aliphatic rings. The first-order valence-corrected chi connectivity index (χ1v) is 14.1. The molecule has 2 amide bonds. The number of ether oxygens (including phenoxy) is 1. The van der Waals surface area contributed by atoms with E-state index in [1.807, 2.05) is 36.4 Å². The molecule has 9 heteroatoms. The molecular formula is C31H44N4O5. The lowest BCUT2D eigenvalue weighted by molar-refractivity contribution is -0.150. The van der Waals surface area contributed by atoms with Gasteiger partial charge in [0.15, 0.2) is 0 Å². The molecule has 0 aliphatic carbocycles. The fourth-order valence-electron chi connectivity index (χ4n) is 4.08. The molecule has 0 aliphatic heterocycles. The van der Waals surface area contributed by atoms with Gasteiger partial charge in [-0.15, -0.1) is 0 Å². The van der Waals surface area contributed by atoms with Crippen LogP contribution in [0.2, 0.25) is 0 Å². The van der Waals surface area contributed by atoms with Gasteiger partial charge < -0.3 is 15.6 Å². The Morgan fingerprint density at radius 3 is 1.85 bits per heavy atom. The van der Waals surface area contributed by atoms with Crippen LogP contribution >= 0.6 is 0 Å². The first-order chi connectivity index (χ1) is 19.0. The van der Waals surface area contributed by atoms with E-state index in [2.05, 4.69) is 29.3 Å². The predicted molar refractivity (Wildman–Crippen MR) is 156 cm³/mol. The van der Waals surface area contributed by atoms with Crippen molar-refractivity contribution in [3.8, 4) is 0 Å². The number of hydrogen-bond donors (Lipinski definition) is 2. The number of carbonyl (C=O) groups excluding carboxylic acids is 2. The predicted octanol–water partition coefficient (Wildman–Crippen LogP) is 7.11. The van der Waals surface area contributed by atoms with Gasteiger partial charge in [-0.2, -0.15) is 10.2 Å². The van der Waals surface area contributed by atoms with E-state index in [4.69, 9.17) is 10.5 Å². The van der Waals surface area contributed by atoms with E-state index in [0.29, 0.717) is 37.9 Å². The van der Waals surface area contributed by atoms with Crippen LogP contribution in [0.3, 0.4) is 0 Å². The second-order valence-corrected chi connectivity index (χ2v) is 10.9. The summed E-state index contributed by atoms with van der Waals surface area (Å²) in [6.45, 7) is 7.60. The number of imide groups is 1. The standard InChI is InChI=1S/C31H44N4O5/c1-5-6-10-23-14-18-25(19-15-23)33-34-26-20-16-24(17-21-26)11-9-13-28(36)35(30(39)40-31(2,3)4)27(29(37)38)12-7-8-22-32/h14-21,27H,5-13,22,32H2,1-4H3,(H,37,38)/t27-/m0/s1. The van der Waals surface area contributed by atoms with Gasteiger partial charge in [0.05, 0.1) is 11.4 Å². The van der Waals surface area contributed by atoms with Gasteiger partial charge in [0.2, 0.25) is 5.91 Å². The van der Waals surface area contributed by atoms with Gasteiger partial charge in [-0.3, -0.25) is 4.79 Å². The fourth-order valence-corrected chi connectivity index (χ4v) is 4.08. The van der Waals surface area contributed by atoms with E-state index >= 15 is 0 Å². The van der Waals surface area contributed by atoms with Crippen molar-refractivity contribution in [1.29, 1.82) is 0 Å². The first kappa shape index (κ1) is 32.6. The molecule has 2 aromatic carbocycles. The minimum absolute atomic E-state index is 0.00955. The van der Waals surface area contributed by atoms with Crippen LogP contribution in [-0.4, -0.2) is 46.2 Å².